The summed E-state index contributed by atoms with van der Waals surface area (Å²) in [6, 6.07) is 36.6. The van der Waals surface area contributed by atoms with E-state index in [2.05, 4.69) is 5.32 Å². The Morgan fingerprint density at radius 2 is 1.59 bits per heavy atom. The lowest BCUT2D eigenvalue weighted by Gasteiger charge is -2.36. The van der Waals surface area contributed by atoms with Crippen LogP contribution >= 0.6 is 11.8 Å². The molecular weight excluding hydrogens is 707 g/mol. The third-order valence-corrected chi connectivity index (χ3v) is 10.5. The number of amides is 3. The maximum atomic E-state index is 13.2. The van der Waals surface area contributed by atoms with Crippen LogP contribution in [-0.4, -0.2) is 45.8 Å². The van der Waals surface area contributed by atoms with Crippen LogP contribution in [0.3, 0.4) is 0 Å². The summed E-state index contributed by atoms with van der Waals surface area (Å²) < 4.78 is 19.2. The van der Waals surface area contributed by atoms with Crippen LogP contribution in [0.25, 0.3) is 11.1 Å². The summed E-state index contributed by atoms with van der Waals surface area (Å²) in [5.74, 6) is -0.322. The normalized spacial score (nSPS) is 19.8. The number of alkyl carbamates (subject to hydrolysis) is 1. The first-order chi connectivity index (χ1) is 26.3. The van der Waals surface area contributed by atoms with Crippen LogP contribution in [0.15, 0.2) is 133 Å². The van der Waals surface area contributed by atoms with Crippen molar-refractivity contribution in [3.05, 3.63) is 161 Å². The molecule has 7 rings (SSSR count). The first kappa shape index (κ1) is 36.8. The molecule has 54 heavy (non-hydrogen) atoms. The highest BCUT2D eigenvalue weighted by molar-refractivity contribution is 7.99. The van der Waals surface area contributed by atoms with Crippen molar-refractivity contribution in [3.63, 3.8) is 0 Å². The fourth-order valence-corrected chi connectivity index (χ4v) is 7.43. The van der Waals surface area contributed by atoms with Gasteiger partial charge in [0.2, 0.25) is 5.91 Å². The Morgan fingerprint density at radius 1 is 0.852 bits per heavy atom. The Kier molecular flexibility index (Phi) is 11.6. The number of hydrogen-bond donors (Lipinski definition) is 2. The van der Waals surface area contributed by atoms with E-state index in [1.807, 2.05) is 109 Å². The Bertz CT molecular complexity index is 2100. The number of pyridine rings is 1. The number of benzene rings is 4. The Balaban J connectivity index is 1.04. The molecule has 4 unspecified atom stereocenters. The first-order valence-corrected chi connectivity index (χ1v) is 18.6. The van der Waals surface area contributed by atoms with Crippen LogP contribution in [-0.2, 0) is 43.6 Å². The van der Waals surface area contributed by atoms with E-state index in [4.69, 9.17) is 14.2 Å². The van der Waals surface area contributed by atoms with Gasteiger partial charge in [-0.2, -0.15) is 4.73 Å². The van der Waals surface area contributed by atoms with Crippen molar-refractivity contribution in [3.8, 4) is 11.1 Å². The second kappa shape index (κ2) is 17.1. The summed E-state index contributed by atoms with van der Waals surface area (Å²) in [5.41, 5.74) is 5.89. The van der Waals surface area contributed by atoms with E-state index in [0.29, 0.717) is 17.2 Å². The molecule has 0 aliphatic carbocycles. The van der Waals surface area contributed by atoms with Crippen molar-refractivity contribution in [2.24, 2.45) is 0 Å². The van der Waals surface area contributed by atoms with Gasteiger partial charge in [-0.15, -0.1) is 0 Å². The van der Waals surface area contributed by atoms with E-state index < -0.39 is 24.3 Å². The molecule has 2 fully saturated rings. The van der Waals surface area contributed by atoms with Gasteiger partial charge in [-0.05, 0) is 51.6 Å². The summed E-state index contributed by atoms with van der Waals surface area (Å²) >= 11 is 1.43. The number of rotatable bonds is 12. The molecule has 11 nitrogen and oxygen atoms in total. The van der Waals surface area contributed by atoms with Gasteiger partial charge in [0.05, 0.1) is 31.8 Å². The fraction of sp³-hybridized carbons (Fsp3) is 0.238. The monoisotopic (exact) mass is 745 g/mol. The van der Waals surface area contributed by atoms with Gasteiger partial charge in [0, 0.05) is 29.9 Å². The van der Waals surface area contributed by atoms with Crippen molar-refractivity contribution in [1.82, 2.24) is 10.2 Å². The molecular formula is C42H39N3O8S. The molecule has 2 aliphatic heterocycles. The minimum absolute atomic E-state index is 0.0501. The van der Waals surface area contributed by atoms with Gasteiger partial charge in [-0.3, -0.25) is 14.5 Å². The number of thioether (sulfide) groups is 1. The van der Waals surface area contributed by atoms with E-state index in [9.17, 15) is 24.7 Å². The topological polar surface area (TPSA) is 141 Å². The van der Waals surface area contributed by atoms with Gasteiger partial charge in [-0.1, -0.05) is 103 Å². The molecule has 0 radical (unpaired) electrons. The Labute approximate surface area is 317 Å². The average molecular weight is 746 g/mol. The van der Waals surface area contributed by atoms with Crippen molar-refractivity contribution < 1.29 is 38.4 Å². The third kappa shape index (κ3) is 8.97. The number of aliphatic hydroxyl groups excluding tert-OH is 1. The SMILES string of the molecule is O=C(NC1CC(=O)N(Cc2cccc(-c3cccc(C4OC(CSc5cccc[n+]5[O-])CC(c5ccc(CO)cc5)O4)c3)c2)C1=O)OCc1ccccc1. The van der Waals surface area contributed by atoms with E-state index in [-0.39, 0.29) is 44.3 Å². The van der Waals surface area contributed by atoms with Crippen LogP contribution in [0, 0.1) is 5.21 Å². The predicted molar refractivity (Wildman–Crippen MR) is 200 cm³/mol. The fourth-order valence-electron chi connectivity index (χ4n) is 6.49. The third-order valence-electron chi connectivity index (χ3n) is 9.33. The predicted octanol–water partition coefficient (Wildman–Crippen LogP) is 6.37. The molecule has 2 aliphatic rings. The van der Waals surface area contributed by atoms with Gasteiger partial charge >= 0.3 is 6.09 Å². The van der Waals surface area contributed by atoms with Crippen molar-refractivity contribution >= 4 is 29.7 Å². The van der Waals surface area contributed by atoms with E-state index in [1.165, 1.54) is 18.0 Å². The average Bonchev–Trinajstić information content (AvgIpc) is 3.47. The lowest BCUT2D eigenvalue weighted by atomic mass is 9.99. The molecule has 2 saturated heterocycles. The standard InChI is InChI=1S/C42H39N3O8S/c46-25-28-15-17-31(18-16-28)37-22-35(27-54-39-14-4-5-19-45(39)50)52-41(53-37)34-13-7-12-33(21-34)32-11-6-10-30(20-32)24-44-38(47)23-36(40(44)48)43-42(49)51-26-29-8-2-1-3-9-29/h1-21,35-37,41,46H,22-27H2,(H,43,49). The van der Waals surface area contributed by atoms with Crippen LogP contribution in [0.1, 0.15) is 53.1 Å². The molecule has 12 heteroatoms. The van der Waals surface area contributed by atoms with Crippen LogP contribution in [0.4, 0.5) is 4.79 Å². The smallest absolute Gasteiger partial charge is 0.408 e. The molecule has 2 N–H and O–H groups in total. The molecule has 3 heterocycles. The van der Waals surface area contributed by atoms with Gasteiger partial charge in [-0.25, -0.2) is 4.79 Å². The molecule has 0 bridgehead atoms. The van der Waals surface area contributed by atoms with E-state index in [1.54, 1.807) is 12.1 Å². The number of nitrogens with zero attached hydrogens (tertiary/aromatic N) is 2. The van der Waals surface area contributed by atoms with Gasteiger partial charge in [0.1, 0.15) is 12.6 Å². The van der Waals surface area contributed by atoms with Crippen molar-refractivity contribution in [2.45, 2.75) is 62.2 Å². The number of carbonyl (C=O) groups excluding carboxylic acids is 3. The maximum absolute atomic E-state index is 13.2. The molecule has 0 spiro atoms. The summed E-state index contributed by atoms with van der Waals surface area (Å²) in [6.07, 6.45) is -0.0716. The van der Waals surface area contributed by atoms with Crippen molar-refractivity contribution in [1.29, 1.82) is 0 Å². The number of hydrogen-bond acceptors (Lipinski definition) is 9. The largest absolute Gasteiger partial charge is 0.618 e. The number of aliphatic hydroxyl groups is 1. The van der Waals surface area contributed by atoms with Crippen LogP contribution in [0.2, 0.25) is 0 Å². The Hall–Kier alpha value is -5.53. The highest BCUT2D eigenvalue weighted by Gasteiger charge is 2.40. The number of ether oxygens (including phenoxy) is 3. The minimum atomic E-state index is -0.997. The minimum Gasteiger partial charge on any atom is -0.618 e. The number of nitrogens with one attached hydrogen (secondary N) is 1. The zero-order chi connectivity index (χ0) is 37.4. The van der Waals surface area contributed by atoms with E-state index >= 15 is 0 Å². The zero-order valence-corrected chi connectivity index (χ0v) is 30.1. The van der Waals surface area contributed by atoms with Gasteiger partial charge in [0.15, 0.2) is 12.5 Å². The van der Waals surface area contributed by atoms with Gasteiger partial charge < -0.3 is 29.8 Å². The summed E-state index contributed by atoms with van der Waals surface area (Å²) in [6.45, 7) is 0.0537. The molecule has 3 amide bonds. The van der Waals surface area contributed by atoms with Crippen LogP contribution in [0.5, 0.6) is 0 Å². The van der Waals surface area contributed by atoms with E-state index in [0.717, 1.165) is 48.6 Å². The molecule has 4 aromatic carbocycles. The highest BCUT2D eigenvalue weighted by atomic mass is 32.2. The molecule has 4 atom stereocenters. The highest BCUT2D eigenvalue weighted by Crippen LogP contribution is 2.40. The molecule has 5 aromatic rings. The molecule has 276 valence electrons. The lowest BCUT2D eigenvalue weighted by Crippen LogP contribution is -2.41. The van der Waals surface area contributed by atoms with Crippen LogP contribution < -0.4 is 10.0 Å². The summed E-state index contributed by atoms with van der Waals surface area (Å²) in [5, 5.41) is 25.0. The second-order valence-corrected chi connectivity index (χ2v) is 14.2. The second-order valence-electron chi connectivity index (χ2n) is 13.1. The number of carbonyl (C=O) groups is 3. The van der Waals surface area contributed by atoms with Gasteiger partial charge in [0.25, 0.3) is 10.9 Å². The van der Waals surface area contributed by atoms with Crippen molar-refractivity contribution in [2.75, 3.05) is 5.75 Å². The zero-order valence-electron chi connectivity index (χ0n) is 29.3. The number of likely N-dealkylation sites (tertiary alicyclic amines) is 1. The maximum Gasteiger partial charge on any atom is 0.408 e. The Morgan fingerprint density at radius 3 is 2.37 bits per heavy atom. The summed E-state index contributed by atoms with van der Waals surface area (Å²) in [7, 11) is 0. The number of imide groups is 1. The molecule has 1 aromatic heterocycles. The number of aromatic nitrogens is 1. The molecule has 0 saturated carbocycles. The quantitative estimate of drug-likeness (QED) is 0.0645. The lowest BCUT2D eigenvalue weighted by molar-refractivity contribution is -0.645. The summed E-state index contributed by atoms with van der Waals surface area (Å²) in [4.78, 5) is 39.7. The first-order valence-electron chi connectivity index (χ1n) is 17.7.